The van der Waals surface area contributed by atoms with Crippen molar-refractivity contribution in [1.29, 1.82) is 0 Å². The maximum Gasteiger partial charge on any atom is 0.255 e. The van der Waals surface area contributed by atoms with Gasteiger partial charge < -0.3 is 14.5 Å². The SMILES string of the molecule is COCc1cc(C)nc2c(C(=O)NC3CCCCC3)ccn12. The Morgan fingerprint density at radius 2 is 2.18 bits per heavy atom. The molecule has 1 amide bonds. The Kier molecular flexibility index (Phi) is 4.43. The Labute approximate surface area is 130 Å². The van der Waals surface area contributed by atoms with Crippen LogP contribution in [0.4, 0.5) is 0 Å². The highest BCUT2D eigenvalue weighted by atomic mass is 16.5. The first kappa shape index (κ1) is 15.0. The zero-order chi connectivity index (χ0) is 15.5. The van der Waals surface area contributed by atoms with E-state index in [9.17, 15) is 4.79 Å². The van der Waals surface area contributed by atoms with E-state index in [1.165, 1.54) is 19.3 Å². The number of amides is 1. The average Bonchev–Trinajstić information content (AvgIpc) is 2.92. The monoisotopic (exact) mass is 301 g/mol. The van der Waals surface area contributed by atoms with E-state index in [0.717, 1.165) is 24.2 Å². The van der Waals surface area contributed by atoms with Crippen molar-refractivity contribution in [2.45, 2.75) is 51.7 Å². The van der Waals surface area contributed by atoms with Crippen LogP contribution in [0.15, 0.2) is 18.3 Å². The van der Waals surface area contributed by atoms with Gasteiger partial charge in [-0.25, -0.2) is 4.98 Å². The molecule has 0 atom stereocenters. The van der Waals surface area contributed by atoms with Gasteiger partial charge in [-0.2, -0.15) is 0 Å². The standard InChI is InChI=1S/C17H23N3O2/c1-12-10-14(11-22-2)20-9-8-15(16(20)18-12)17(21)19-13-6-4-3-5-7-13/h8-10,13H,3-7,11H2,1-2H3,(H,19,21). The first-order chi connectivity index (χ1) is 10.7. The maximum atomic E-state index is 12.6. The van der Waals surface area contributed by atoms with Gasteiger partial charge in [-0.15, -0.1) is 0 Å². The van der Waals surface area contributed by atoms with E-state index >= 15 is 0 Å². The number of aromatic nitrogens is 2. The number of aryl methyl sites for hydroxylation is 1. The van der Waals surface area contributed by atoms with Crippen LogP contribution in [-0.2, 0) is 11.3 Å². The zero-order valence-electron chi connectivity index (χ0n) is 13.3. The molecule has 0 aliphatic heterocycles. The molecule has 1 saturated carbocycles. The number of nitrogens with zero attached hydrogens (tertiary/aromatic N) is 2. The summed E-state index contributed by atoms with van der Waals surface area (Å²) in [6.07, 6.45) is 7.75. The molecule has 1 aliphatic carbocycles. The van der Waals surface area contributed by atoms with Crippen molar-refractivity contribution in [3.63, 3.8) is 0 Å². The van der Waals surface area contributed by atoms with E-state index < -0.39 is 0 Å². The third-order valence-electron chi connectivity index (χ3n) is 4.30. The minimum atomic E-state index is -0.0177. The summed E-state index contributed by atoms with van der Waals surface area (Å²) in [5.74, 6) is -0.0177. The lowest BCUT2D eigenvalue weighted by atomic mass is 9.95. The molecule has 0 radical (unpaired) electrons. The second-order valence-corrected chi connectivity index (χ2v) is 6.05. The molecule has 2 aromatic heterocycles. The van der Waals surface area contributed by atoms with Crippen molar-refractivity contribution in [1.82, 2.24) is 14.7 Å². The normalized spacial score (nSPS) is 16.1. The molecule has 5 nitrogen and oxygen atoms in total. The molecule has 0 saturated heterocycles. The number of carbonyl (C=O) groups is 1. The van der Waals surface area contributed by atoms with Crippen LogP contribution in [0, 0.1) is 6.92 Å². The van der Waals surface area contributed by atoms with Crippen molar-refractivity contribution in [2.24, 2.45) is 0 Å². The second kappa shape index (κ2) is 6.48. The largest absolute Gasteiger partial charge is 0.378 e. The van der Waals surface area contributed by atoms with E-state index in [-0.39, 0.29) is 5.91 Å². The minimum absolute atomic E-state index is 0.0177. The smallest absolute Gasteiger partial charge is 0.255 e. The number of fused-ring (bicyclic) bond motifs is 1. The van der Waals surface area contributed by atoms with Crippen LogP contribution in [-0.4, -0.2) is 28.4 Å². The molecule has 0 bridgehead atoms. The quantitative estimate of drug-likeness (QED) is 0.944. The summed E-state index contributed by atoms with van der Waals surface area (Å²) in [4.78, 5) is 17.1. The van der Waals surface area contributed by atoms with Crippen LogP contribution in [0.5, 0.6) is 0 Å². The topological polar surface area (TPSA) is 55.6 Å². The molecule has 3 rings (SSSR count). The van der Waals surface area contributed by atoms with Gasteiger partial charge in [-0.3, -0.25) is 4.79 Å². The Morgan fingerprint density at radius 3 is 2.91 bits per heavy atom. The molecule has 1 N–H and O–H groups in total. The fourth-order valence-corrected chi connectivity index (χ4v) is 3.23. The summed E-state index contributed by atoms with van der Waals surface area (Å²) in [7, 11) is 1.67. The van der Waals surface area contributed by atoms with E-state index in [1.54, 1.807) is 7.11 Å². The second-order valence-electron chi connectivity index (χ2n) is 6.05. The summed E-state index contributed by atoms with van der Waals surface area (Å²) >= 11 is 0. The highest BCUT2D eigenvalue weighted by Crippen LogP contribution is 2.19. The highest BCUT2D eigenvalue weighted by molar-refractivity contribution is 6.00. The molecule has 0 unspecified atom stereocenters. The van der Waals surface area contributed by atoms with Gasteiger partial charge in [0.2, 0.25) is 0 Å². The number of hydrogen-bond donors (Lipinski definition) is 1. The van der Waals surface area contributed by atoms with Gasteiger partial charge in [0.25, 0.3) is 5.91 Å². The lowest BCUT2D eigenvalue weighted by Gasteiger charge is -2.22. The lowest BCUT2D eigenvalue weighted by molar-refractivity contribution is 0.0929. The van der Waals surface area contributed by atoms with Gasteiger partial charge in [0.05, 0.1) is 17.9 Å². The molecule has 1 aliphatic rings. The summed E-state index contributed by atoms with van der Waals surface area (Å²) in [5.41, 5.74) is 3.25. The molecule has 2 aromatic rings. The molecule has 2 heterocycles. The van der Waals surface area contributed by atoms with Gasteiger partial charge in [0.15, 0.2) is 0 Å². The van der Waals surface area contributed by atoms with Crippen molar-refractivity contribution in [3.8, 4) is 0 Å². The summed E-state index contributed by atoms with van der Waals surface area (Å²) in [6, 6.07) is 4.14. The van der Waals surface area contributed by atoms with Crippen molar-refractivity contribution in [2.75, 3.05) is 7.11 Å². The fourth-order valence-electron chi connectivity index (χ4n) is 3.23. The third kappa shape index (κ3) is 2.99. The van der Waals surface area contributed by atoms with Gasteiger partial charge in [-0.05, 0) is 31.9 Å². The van der Waals surface area contributed by atoms with Gasteiger partial charge >= 0.3 is 0 Å². The molecule has 0 aromatic carbocycles. The maximum absolute atomic E-state index is 12.6. The lowest BCUT2D eigenvalue weighted by Crippen LogP contribution is -2.36. The molecule has 1 fully saturated rings. The Morgan fingerprint density at radius 1 is 1.41 bits per heavy atom. The minimum Gasteiger partial charge on any atom is -0.378 e. The highest BCUT2D eigenvalue weighted by Gasteiger charge is 2.20. The zero-order valence-corrected chi connectivity index (χ0v) is 13.3. The molecular weight excluding hydrogens is 278 g/mol. The Hall–Kier alpha value is -1.88. The van der Waals surface area contributed by atoms with Gasteiger partial charge in [-0.1, -0.05) is 19.3 Å². The number of ether oxygens (including phenoxy) is 1. The van der Waals surface area contributed by atoms with Crippen LogP contribution in [0.2, 0.25) is 0 Å². The van der Waals surface area contributed by atoms with E-state index in [2.05, 4.69) is 10.3 Å². The van der Waals surface area contributed by atoms with Gasteiger partial charge in [0.1, 0.15) is 5.65 Å². The molecule has 5 heteroatoms. The van der Waals surface area contributed by atoms with Crippen molar-refractivity contribution in [3.05, 3.63) is 35.3 Å². The number of methoxy groups -OCH3 is 1. The average molecular weight is 301 g/mol. The predicted octanol–water partition coefficient (Wildman–Crippen LogP) is 2.85. The number of nitrogens with one attached hydrogen (secondary N) is 1. The number of rotatable bonds is 4. The van der Waals surface area contributed by atoms with Crippen LogP contribution in [0.25, 0.3) is 5.65 Å². The van der Waals surface area contributed by atoms with Gasteiger partial charge in [0, 0.05) is 25.0 Å². The number of carbonyl (C=O) groups excluding carboxylic acids is 1. The molecule has 22 heavy (non-hydrogen) atoms. The van der Waals surface area contributed by atoms with E-state index in [0.29, 0.717) is 23.9 Å². The number of hydrogen-bond acceptors (Lipinski definition) is 3. The van der Waals surface area contributed by atoms with Crippen LogP contribution >= 0.6 is 0 Å². The van der Waals surface area contributed by atoms with Crippen LogP contribution < -0.4 is 5.32 Å². The summed E-state index contributed by atoms with van der Waals surface area (Å²) in [5, 5.41) is 3.16. The van der Waals surface area contributed by atoms with Crippen LogP contribution in [0.3, 0.4) is 0 Å². The Balaban J connectivity index is 1.88. The van der Waals surface area contributed by atoms with Crippen molar-refractivity contribution >= 4 is 11.6 Å². The summed E-state index contributed by atoms with van der Waals surface area (Å²) < 4.78 is 7.17. The molecular formula is C17H23N3O2. The van der Waals surface area contributed by atoms with E-state index in [1.807, 2.05) is 29.7 Å². The van der Waals surface area contributed by atoms with E-state index in [4.69, 9.17) is 4.74 Å². The van der Waals surface area contributed by atoms with Crippen LogP contribution in [0.1, 0.15) is 53.8 Å². The fraction of sp³-hybridized carbons (Fsp3) is 0.529. The molecule has 118 valence electrons. The first-order valence-corrected chi connectivity index (χ1v) is 7.96. The first-order valence-electron chi connectivity index (χ1n) is 7.96. The third-order valence-corrected chi connectivity index (χ3v) is 4.30. The molecule has 0 spiro atoms. The summed E-state index contributed by atoms with van der Waals surface area (Å²) in [6.45, 7) is 2.44. The predicted molar refractivity (Wildman–Crippen MR) is 85.0 cm³/mol. The van der Waals surface area contributed by atoms with Crippen molar-refractivity contribution < 1.29 is 9.53 Å². The Bertz CT molecular complexity index is 672.